The molecule has 4 aromatic rings. The zero-order valence-electron chi connectivity index (χ0n) is 19.7. The molecule has 3 nitrogen and oxygen atoms in total. The molecule has 0 aliphatic carbocycles. The van der Waals surface area contributed by atoms with Crippen LogP contribution in [-0.4, -0.2) is 11.0 Å². The number of esters is 1. The maximum Gasteiger partial charge on any atom is 0.344 e. The van der Waals surface area contributed by atoms with E-state index in [1.807, 2.05) is 68.4 Å². The largest absolute Gasteiger partial charge is 0.423 e. The van der Waals surface area contributed by atoms with E-state index < -0.39 is 5.97 Å². The fourth-order valence-corrected chi connectivity index (χ4v) is 4.08. The molecule has 1 heterocycles. The van der Waals surface area contributed by atoms with E-state index in [1.54, 1.807) is 6.07 Å². The zero-order valence-corrected chi connectivity index (χ0v) is 20.5. The summed E-state index contributed by atoms with van der Waals surface area (Å²) in [6, 6.07) is 21.1. The summed E-state index contributed by atoms with van der Waals surface area (Å²) in [4.78, 5) is 18.2. The predicted octanol–water partition coefficient (Wildman–Crippen LogP) is 8.08. The van der Waals surface area contributed by atoms with Gasteiger partial charge < -0.3 is 4.74 Å². The SMILES string of the molecule is CCC(C)(C)c1ccc(OC(=O)c2cc(-c3ccc(Cl)cc3)nc3c(C)cc(C)cc23)cc1. The Labute approximate surface area is 200 Å². The number of hydrogen-bond donors (Lipinski definition) is 0. The standard InChI is InChI=1S/C29H28ClNO2/c1-6-29(4,5)21-9-13-23(14-10-21)33-28(32)25-17-26(20-7-11-22(30)12-8-20)31-27-19(3)15-18(2)16-24(25)27/h7-17H,6H2,1-5H3. The van der Waals surface area contributed by atoms with Crippen molar-refractivity contribution in [3.63, 3.8) is 0 Å². The van der Waals surface area contributed by atoms with Crippen molar-refractivity contribution >= 4 is 28.5 Å². The molecule has 0 N–H and O–H groups in total. The summed E-state index contributed by atoms with van der Waals surface area (Å²) >= 11 is 6.06. The second-order valence-corrected chi connectivity index (χ2v) is 9.63. The van der Waals surface area contributed by atoms with E-state index in [9.17, 15) is 4.79 Å². The summed E-state index contributed by atoms with van der Waals surface area (Å²) in [5.41, 5.74) is 6.26. The maximum absolute atomic E-state index is 13.4. The summed E-state index contributed by atoms with van der Waals surface area (Å²) in [7, 11) is 0. The Morgan fingerprint density at radius 3 is 2.27 bits per heavy atom. The number of carbonyl (C=O) groups is 1. The highest BCUT2D eigenvalue weighted by molar-refractivity contribution is 6.30. The quantitative estimate of drug-likeness (QED) is 0.224. The average molecular weight is 458 g/mol. The van der Waals surface area contributed by atoms with Gasteiger partial charge in [0.15, 0.2) is 0 Å². The molecule has 0 radical (unpaired) electrons. The van der Waals surface area contributed by atoms with Crippen molar-refractivity contribution < 1.29 is 9.53 Å². The van der Waals surface area contributed by atoms with E-state index in [0.29, 0.717) is 22.0 Å². The first-order valence-corrected chi connectivity index (χ1v) is 11.6. The van der Waals surface area contributed by atoms with Crippen LogP contribution in [0.4, 0.5) is 0 Å². The number of pyridine rings is 1. The van der Waals surface area contributed by atoms with Crippen LogP contribution in [0.5, 0.6) is 5.75 Å². The minimum absolute atomic E-state index is 0.0758. The van der Waals surface area contributed by atoms with Crippen LogP contribution < -0.4 is 4.74 Å². The normalized spacial score (nSPS) is 11.6. The Morgan fingerprint density at radius 1 is 0.970 bits per heavy atom. The third-order valence-electron chi connectivity index (χ3n) is 6.34. The van der Waals surface area contributed by atoms with Crippen molar-refractivity contribution in [3.8, 4) is 17.0 Å². The predicted molar refractivity (Wildman–Crippen MR) is 136 cm³/mol. The molecule has 0 fully saturated rings. The summed E-state index contributed by atoms with van der Waals surface area (Å²) in [6.45, 7) is 10.6. The van der Waals surface area contributed by atoms with E-state index in [1.165, 1.54) is 5.56 Å². The van der Waals surface area contributed by atoms with Gasteiger partial charge in [-0.05, 0) is 73.2 Å². The number of fused-ring (bicyclic) bond motifs is 1. The molecule has 0 amide bonds. The van der Waals surface area contributed by atoms with Crippen molar-refractivity contribution in [1.82, 2.24) is 4.98 Å². The third-order valence-corrected chi connectivity index (χ3v) is 6.59. The minimum atomic E-state index is -0.398. The number of nitrogens with zero attached hydrogens (tertiary/aromatic N) is 1. The summed E-state index contributed by atoms with van der Waals surface area (Å²) in [6.07, 6.45) is 1.03. The molecule has 0 bridgehead atoms. The van der Waals surface area contributed by atoms with Gasteiger partial charge in [-0.3, -0.25) is 0 Å². The van der Waals surface area contributed by atoms with Crippen LogP contribution >= 0.6 is 11.6 Å². The van der Waals surface area contributed by atoms with Crippen molar-refractivity contribution in [2.75, 3.05) is 0 Å². The Kier molecular flexibility index (Phi) is 6.27. The molecule has 0 atom stereocenters. The van der Waals surface area contributed by atoms with Gasteiger partial charge in [0.25, 0.3) is 0 Å². The lowest BCUT2D eigenvalue weighted by Crippen LogP contribution is -2.15. The van der Waals surface area contributed by atoms with Crippen LogP contribution in [0.1, 0.15) is 54.2 Å². The molecule has 1 aromatic heterocycles. The zero-order chi connectivity index (χ0) is 23.8. The second-order valence-electron chi connectivity index (χ2n) is 9.19. The minimum Gasteiger partial charge on any atom is -0.423 e. The maximum atomic E-state index is 13.4. The van der Waals surface area contributed by atoms with Crippen molar-refractivity contribution in [2.24, 2.45) is 0 Å². The van der Waals surface area contributed by atoms with E-state index >= 15 is 0 Å². The Hall–Kier alpha value is -3.17. The summed E-state index contributed by atoms with van der Waals surface area (Å²) in [5.74, 6) is 0.128. The molecule has 0 saturated carbocycles. The van der Waals surface area contributed by atoms with Crippen molar-refractivity contribution in [2.45, 2.75) is 46.5 Å². The molecule has 0 aliphatic heterocycles. The molecular formula is C29H28ClNO2. The highest BCUT2D eigenvalue weighted by Gasteiger charge is 2.20. The van der Waals surface area contributed by atoms with Crippen LogP contribution in [0.2, 0.25) is 5.02 Å². The van der Waals surface area contributed by atoms with Gasteiger partial charge in [-0.25, -0.2) is 9.78 Å². The molecule has 0 spiro atoms. The molecule has 168 valence electrons. The molecule has 4 rings (SSSR count). The van der Waals surface area contributed by atoms with Crippen LogP contribution in [-0.2, 0) is 5.41 Å². The van der Waals surface area contributed by atoms with Crippen LogP contribution in [0.3, 0.4) is 0 Å². The number of benzene rings is 3. The molecule has 4 heteroatoms. The van der Waals surface area contributed by atoms with Gasteiger partial charge in [-0.15, -0.1) is 0 Å². The van der Waals surface area contributed by atoms with Gasteiger partial charge in [0.1, 0.15) is 5.75 Å². The molecule has 3 aromatic carbocycles. The summed E-state index contributed by atoms with van der Waals surface area (Å²) < 4.78 is 5.81. The number of carbonyl (C=O) groups excluding carboxylic acids is 1. The monoisotopic (exact) mass is 457 g/mol. The Balaban J connectivity index is 1.76. The van der Waals surface area contributed by atoms with Crippen molar-refractivity contribution in [1.29, 1.82) is 0 Å². The highest BCUT2D eigenvalue weighted by Crippen LogP contribution is 2.31. The van der Waals surface area contributed by atoms with Gasteiger partial charge in [-0.1, -0.05) is 68.3 Å². The number of halogens is 1. The number of aryl methyl sites for hydroxylation is 2. The first-order valence-electron chi connectivity index (χ1n) is 11.2. The smallest absolute Gasteiger partial charge is 0.344 e. The first kappa shape index (κ1) is 23.0. The topological polar surface area (TPSA) is 39.2 Å². The van der Waals surface area contributed by atoms with Gasteiger partial charge in [0.2, 0.25) is 0 Å². The van der Waals surface area contributed by atoms with Gasteiger partial charge >= 0.3 is 5.97 Å². The average Bonchev–Trinajstić information content (AvgIpc) is 2.79. The number of hydrogen-bond acceptors (Lipinski definition) is 3. The van der Waals surface area contributed by atoms with Gasteiger partial charge in [0, 0.05) is 16.0 Å². The van der Waals surface area contributed by atoms with Crippen LogP contribution in [0.25, 0.3) is 22.2 Å². The highest BCUT2D eigenvalue weighted by atomic mass is 35.5. The van der Waals surface area contributed by atoms with Crippen LogP contribution in [0, 0.1) is 13.8 Å². The van der Waals surface area contributed by atoms with Crippen LogP contribution in [0.15, 0.2) is 66.7 Å². The van der Waals surface area contributed by atoms with E-state index in [0.717, 1.165) is 34.0 Å². The second kappa shape index (κ2) is 8.99. The third kappa shape index (κ3) is 4.79. The molecule has 33 heavy (non-hydrogen) atoms. The van der Waals surface area contributed by atoms with E-state index in [2.05, 4.69) is 26.8 Å². The first-order chi connectivity index (χ1) is 15.7. The Morgan fingerprint density at radius 2 is 1.64 bits per heavy atom. The lowest BCUT2D eigenvalue weighted by molar-refractivity contribution is 0.0737. The fraction of sp³-hybridized carbons (Fsp3) is 0.241. The lowest BCUT2D eigenvalue weighted by Gasteiger charge is -2.23. The molecule has 0 saturated heterocycles. The van der Waals surface area contributed by atoms with E-state index in [4.69, 9.17) is 21.3 Å². The van der Waals surface area contributed by atoms with Crippen molar-refractivity contribution in [3.05, 3.63) is 94.0 Å². The van der Waals surface area contributed by atoms with Gasteiger partial charge in [0.05, 0.1) is 16.8 Å². The number of ether oxygens (including phenoxy) is 1. The Bertz CT molecular complexity index is 1320. The number of rotatable bonds is 5. The van der Waals surface area contributed by atoms with Gasteiger partial charge in [-0.2, -0.15) is 0 Å². The summed E-state index contributed by atoms with van der Waals surface area (Å²) in [5, 5.41) is 1.44. The number of aromatic nitrogens is 1. The molecule has 0 unspecified atom stereocenters. The van der Waals surface area contributed by atoms with E-state index in [-0.39, 0.29) is 5.41 Å². The lowest BCUT2D eigenvalue weighted by atomic mass is 9.82. The fourth-order valence-electron chi connectivity index (χ4n) is 3.96. The molecular weight excluding hydrogens is 430 g/mol. The molecule has 0 aliphatic rings.